The molecule has 0 bridgehead atoms. The first kappa shape index (κ1) is 15.4. The van der Waals surface area contributed by atoms with Crippen LogP contribution in [0.4, 0.5) is 0 Å². The van der Waals surface area contributed by atoms with Crippen LogP contribution in [0.2, 0.25) is 0 Å². The predicted octanol–water partition coefficient (Wildman–Crippen LogP) is 2.37. The number of nitrogens with one attached hydrogen (secondary N) is 1. The van der Waals surface area contributed by atoms with Gasteiger partial charge in [0.15, 0.2) is 0 Å². The second kappa shape index (κ2) is 5.45. The second-order valence-corrected chi connectivity index (χ2v) is 7.36. The van der Waals surface area contributed by atoms with E-state index in [0.29, 0.717) is 12.0 Å². The fraction of sp³-hybridized carbons (Fsp3) is 0.867. The molecule has 114 valence electrons. The van der Waals surface area contributed by atoms with Gasteiger partial charge in [0.05, 0.1) is 17.7 Å². The molecule has 0 amide bonds. The van der Waals surface area contributed by atoms with Gasteiger partial charge < -0.3 is 10.1 Å². The number of ether oxygens (including phenoxy) is 1. The highest BCUT2D eigenvalue weighted by atomic mass is 16.5. The van der Waals surface area contributed by atoms with Crippen LogP contribution in [0.25, 0.3) is 0 Å². The van der Waals surface area contributed by atoms with Crippen LogP contribution in [-0.4, -0.2) is 32.0 Å². The van der Waals surface area contributed by atoms with E-state index in [0.717, 1.165) is 25.3 Å². The fourth-order valence-electron chi connectivity index (χ4n) is 3.02. The van der Waals surface area contributed by atoms with E-state index >= 15 is 0 Å². The second-order valence-electron chi connectivity index (χ2n) is 7.36. The highest BCUT2D eigenvalue weighted by Crippen LogP contribution is 2.37. The van der Waals surface area contributed by atoms with Crippen LogP contribution in [0.15, 0.2) is 6.33 Å². The van der Waals surface area contributed by atoms with Gasteiger partial charge in [-0.25, -0.2) is 9.67 Å². The Bertz CT molecular complexity index is 450. The highest BCUT2D eigenvalue weighted by molar-refractivity contribution is 5.00. The summed E-state index contributed by atoms with van der Waals surface area (Å²) in [6, 6.07) is 0.335. The molecule has 1 N–H and O–H groups in total. The topological polar surface area (TPSA) is 52.0 Å². The summed E-state index contributed by atoms with van der Waals surface area (Å²) in [7, 11) is 0. The summed E-state index contributed by atoms with van der Waals surface area (Å²) in [6.45, 7) is 14.6. The van der Waals surface area contributed by atoms with E-state index in [1.165, 1.54) is 0 Å². The number of rotatable bonds is 5. The predicted molar refractivity (Wildman–Crippen MR) is 79.3 cm³/mol. The van der Waals surface area contributed by atoms with E-state index in [-0.39, 0.29) is 11.2 Å². The highest BCUT2D eigenvalue weighted by Gasteiger charge is 2.45. The Morgan fingerprint density at radius 1 is 1.40 bits per heavy atom. The Hall–Kier alpha value is -0.940. The van der Waals surface area contributed by atoms with Gasteiger partial charge in [0.2, 0.25) is 0 Å². The minimum Gasteiger partial charge on any atom is -0.368 e. The Morgan fingerprint density at radius 2 is 2.10 bits per heavy atom. The molecule has 1 saturated heterocycles. The van der Waals surface area contributed by atoms with Crippen LogP contribution < -0.4 is 5.32 Å². The number of aromatic nitrogens is 3. The molecule has 1 aromatic rings. The number of hydrogen-bond acceptors (Lipinski definition) is 4. The molecule has 20 heavy (non-hydrogen) atoms. The van der Waals surface area contributed by atoms with Crippen molar-refractivity contribution in [3.63, 3.8) is 0 Å². The number of nitrogens with zero attached hydrogens (tertiary/aromatic N) is 3. The summed E-state index contributed by atoms with van der Waals surface area (Å²) in [5, 5.41) is 7.90. The molecular formula is C15H28N4O. The van der Waals surface area contributed by atoms with Crippen molar-refractivity contribution in [1.29, 1.82) is 0 Å². The minimum absolute atomic E-state index is 0.0627. The third-order valence-electron chi connectivity index (χ3n) is 3.81. The monoisotopic (exact) mass is 280 g/mol. The Balaban J connectivity index is 1.97. The van der Waals surface area contributed by atoms with Crippen molar-refractivity contribution in [2.24, 2.45) is 5.92 Å². The van der Waals surface area contributed by atoms with Crippen molar-refractivity contribution >= 4 is 0 Å². The smallest absolute Gasteiger partial charge is 0.140 e. The van der Waals surface area contributed by atoms with E-state index in [4.69, 9.17) is 4.74 Å². The molecule has 5 nitrogen and oxygen atoms in total. The van der Waals surface area contributed by atoms with Gasteiger partial charge in [-0.15, -0.1) is 0 Å². The Labute approximate surface area is 122 Å². The molecular weight excluding hydrogens is 252 g/mol. The van der Waals surface area contributed by atoms with Crippen LogP contribution in [0.3, 0.4) is 0 Å². The molecule has 0 radical (unpaired) electrons. The third-order valence-corrected chi connectivity index (χ3v) is 3.81. The maximum atomic E-state index is 6.11. The van der Waals surface area contributed by atoms with Gasteiger partial charge in [-0.1, -0.05) is 13.8 Å². The lowest BCUT2D eigenvalue weighted by molar-refractivity contribution is -0.0699. The van der Waals surface area contributed by atoms with Crippen molar-refractivity contribution in [3.8, 4) is 0 Å². The van der Waals surface area contributed by atoms with E-state index in [1.54, 1.807) is 6.33 Å². The van der Waals surface area contributed by atoms with Gasteiger partial charge in [-0.2, -0.15) is 5.10 Å². The minimum atomic E-state index is -0.146. The molecule has 0 unspecified atom stereocenters. The standard InChI is InChI=1S/C15H28N4O/c1-11(2)9-19-13(17-10-18-19)8-16-12-7-14(3,4)20-15(12,5)6/h10-12,16H,7-9H2,1-6H3/t12-/m1/s1. The van der Waals surface area contributed by atoms with E-state index < -0.39 is 0 Å². The maximum absolute atomic E-state index is 6.11. The van der Waals surface area contributed by atoms with Crippen molar-refractivity contribution < 1.29 is 4.74 Å². The normalized spacial score (nSPS) is 24.4. The summed E-state index contributed by atoms with van der Waals surface area (Å²) in [4.78, 5) is 4.36. The van der Waals surface area contributed by atoms with Crippen LogP contribution >= 0.6 is 0 Å². The average molecular weight is 280 g/mol. The van der Waals surface area contributed by atoms with Gasteiger partial charge in [-0.3, -0.25) is 0 Å². The van der Waals surface area contributed by atoms with Crippen molar-refractivity contribution in [1.82, 2.24) is 20.1 Å². The van der Waals surface area contributed by atoms with Gasteiger partial charge in [0.25, 0.3) is 0 Å². The molecule has 0 saturated carbocycles. The summed E-state index contributed by atoms with van der Waals surface area (Å²) in [5.41, 5.74) is -0.209. The lowest BCUT2D eigenvalue weighted by Gasteiger charge is -2.27. The lowest BCUT2D eigenvalue weighted by atomic mass is 9.94. The summed E-state index contributed by atoms with van der Waals surface area (Å²) in [6.07, 6.45) is 2.65. The lowest BCUT2D eigenvalue weighted by Crippen LogP contribution is -2.43. The molecule has 2 rings (SSSR count). The zero-order valence-electron chi connectivity index (χ0n) is 13.6. The molecule has 0 spiro atoms. The molecule has 5 heteroatoms. The first-order chi connectivity index (χ1) is 9.20. The van der Waals surface area contributed by atoms with Crippen LogP contribution in [-0.2, 0) is 17.8 Å². The largest absolute Gasteiger partial charge is 0.368 e. The Morgan fingerprint density at radius 3 is 2.65 bits per heavy atom. The quantitative estimate of drug-likeness (QED) is 0.899. The molecule has 1 fully saturated rings. The first-order valence-corrected chi connectivity index (χ1v) is 7.50. The van der Waals surface area contributed by atoms with Gasteiger partial charge in [0, 0.05) is 12.6 Å². The number of hydrogen-bond donors (Lipinski definition) is 1. The van der Waals surface area contributed by atoms with Crippen molar-refractivity contribution in [2.45, 2.75) is 78.3 Å². The zero-order chi connectivity index (χ0) is 15.0. The van der Waals surface area contributed by atoms with Crippen molar-refractivity contribution in [3.05, 3.63) is 12.2 Å². The Kier molecular flexibility index (Phi) is 4.21. The molecule has 1 aromatic heterocycles. The SMILES string of the molecule is CC(C)Cn1ncnc1CN[C@@H]1CC(C)(C)OC1(C)C. The summed E-state index contributed by atoms with van der Waals surface area (Å²) in [5.74, 6) is 1.57. The molecule has 1 atom stereocenters. The third kappa shape index (κ3) is 3.58. The van der Waals surface area contributed by atoms with Gasteiger partial charge in [0.1, 0.15) is 12.2 Å². The van der Waals surface area contributed by atoms with Gasteiger partial charge in [-0.05, 0) is 40.0 Å². The average Bonchev–Trinajstić information content (AvgIpc) is 2.76. The van der Waals surface area contributed by atoms with Crippen LogP contribution in [0.1, 0.15) is 53.8 Å². The molecule has 1 aliphatic rings. The van der Waals surface area contributed by atoms with E-state index in [9.17, 15) is 0 Å². The maximum Gasteiger partial charge on any atom is 0.140 e. The van der Waals surface area contributed by atoms with Gasteiger partial charge >= 0.3 is 0 Å². The molecule has 0 aliphatic carbocycles. The van der Waals surface area contributed by atoms with Crippen LogP contribution in [0, 0.1) is 5.92 Å². The first-order valence-electron chi connectivity index (χ1n) is 7.50. The fourth-order valence-corrected chi connectivity index (χ4v) is 3.02. The van der Waals surface area contributed by atoms with Crippen molar-refractivity contribution in [2.75, 3.05) is 0 Å². The summed E-state index contributed by atoms with van der Waals surface area (Å²) >= 11 is 0. The molecule has 1 aliphatic heterocycles. The molecule has 0 aromatic carbocycles. The van der Waals surface area contributed by atoms with Crippen LogP contribution in [0.5, 0.6) is 0 Å². The van der Waals surface area contributed by atoms with E-state index in [2.05, 4.69) is 56.9 Å². The summed E-state index contributed by atoms with van der Waals surface area (Å²) < 4.78 is 8.10. The molecule has 2 heterocycles. The zero-order valence-corrected chi connectivity index (χ0v) is 13.6. The van der Waals surface area contributed by atoms with E-state index in [1.807, 2.05) is 4.68 Å².